The average Bonchev–Trinajstić information content (AvgIpc) is 4.10. The van der Waals surface area contributed by atoms with Gasteiger partial charge in [-0.2, -0.15) is 0 Å². The summed E-state index contributed by atoms with van der Waals surface area (Å²) >= 11 is 7.29. The maximum absolute atomic E-state index is 13.2. The van der Waals surface area contributed by atoms with Crippen molar-refractivity contribution in [3.8, 4) is 5.75 Å². The van der Waals surface area contributed by atoms with Crippen molar-refractivity contribution < 1.29 is 76.9 Å². The van der Waals surface area contributed by atoms with Gasteiger partial charge in [-0.25, -0.2) is 9.59 Å². The summed E-state index contributed by atoms with van der Waals surface area (Å²) in [5.41, 5.74) is -3.45. The zero-order valence-corrected chi connectivity index (χ0v) is 42.1. The van der Waals surface area contributed by atoms with Crippen molar-refractivity contribution in [3.05, 3.63) is 142 Å². The molecule has 16 heteroatoms. The minimum absolute atomic E-state index is 0. The molecule has 0 spiro atoms. The van der Waals surface area contributed by atoms with Gasteiger partial charge in [0.05, 0.1) is 66.4 Å². The molecular weight excluding hydrogens is 1010 g/mol. The molecule has 62 heavy (non-hydrogen) atoms. The van der Waals surface area contributed by atoms with E-state index in [0.29, 0.717) is 26.1 Å². The minimum Gasteiger partial charge on any atom is -1.00 e. The Hall–Kier alpha value is -2.74. The maximum Gasteiger partial charge on any atom is 0.349 e. The molecule has 0 amide bonds. The molecule has 1 aromatic carbocycles. The fraction of sp³-hybridized carbons (Fsp3) is 0.391. The van der Waals surface area contributed by atoms with Crippen molar-refractivity contribution in [1.29, 1.82) is 0 Å². The topological polar surface area (TPSA) is 102 Å². The number of para-hydroxylation sites is 1. The van der Waals surface area contributed by atoms with Crippen LogP contribution in [0, 0.1) is 0 Å². The van der Waals surface area contributed by atoms with Crippen LogP contribution >= 0.6 is 56.7 Å². The van der Waals surface area contributed by atoms with Crippen LogP contribution in [0.4, 0.5) is 0 Å². The van der Waals surface area contributed by atoms with Gasteiger partial charge >= 0.3 is 11.9 Å². The van der Waals surface area contributed by atoms with Gasteiger partial charge in [-0.15, -0.1) is 56.7 Å². The Balaban J connectivity index is 0.000000227. The Morgan fingerprint density at radius 2 is 1.02 bits per heavy atom. The van der Waals surface area contributed by atoms with Crippen LogP contribution in [0.3, 0.4) is 0 Å². The number of hydrogen-bond donors (Lipinski definition) is 2. The van der Waals surface area contributed by atoms with E-state index in [9.17, 15) is 19.8 Å². The lowest BCUT2D eigenvalue weighted by Crippen LogP contribution is -3.00. The van der Waals surface area contributed by atoms with E-state index in [4.69, 9.17) is 14.2 Å². The van der Waals surface area contributed by atoms with Crippen LogP contribution in [0.5, 0.6) is 5.75 Å². The third-order valence-electron chi connectivity index (χ3n) is 11.5. The largest absolute Gasteiger partial charge is 1.00 e. The van der Waals surface area contributed by atoms with Crippen LogP contribution in [0.15, 0.2) is 118 Å². The van der Waals surface area contributed by atoms with E-state index in [1.165, 1.54) is 50.2 Å². The van der Waals surface area contributed by atoms with Gasteiger partial charge in [0, 0.05) is 30.6 Å². The molecule has 5 aromatic heterocycles. The number of benzene rings is 1. The van der Waals surface area contributed by atoms with E-state index in [2.05, 4.69) is 31.6 Å². The molecule has 334 valence electrons. The number of ether oxygens (including phenoxy) is 3. The minimum atomic E-state index is -1.74. The first kappa shape index (κ1) is 50.3. The molecule has 0 radical (unpaired) electrons. The number of hydrogen-bond acceptors (Lipinski definition) is 12. The first-order chi connectivity index (χ1) is 29.0. The number of aliphatic hydroxyl groups is 2. The van der Waals surface area contributed by atoms with Gasteiger partial charge in [0.25, 0.3) is 0 Å². The van der Waals surface area contributed by atoms with Gasteiger partial charge in [0.2, 0.25) is 11.2 Å². The molecule has 0 bridgehead atoms. The molecule has 0 saturated carbocycles. The number of esters is 2. The summed E-state index contributed by atoms with van der Waals surface area (Å²) in [5.74, 6) is -0.248. The predicted octanol–water partition coefficient (Wildman–Crippen LogP) is 2.79. The molecule has 2 aliphatic rings. The highest BCUT2D eigenvalue weighted by molar-refractivity contribution is 7.12. The molecule has 6 aromatic rings. The van der Waals surface area contributed by atoms with Crippen molar-refractivity contribution >= 4 is 68.6 Å². The van der Waals surface area contributed by atoms with Gasteiger partial charge in [-0.1, -0.05) is 48.5 Å². The van der Waals surface area contributed by atoms with Gasteiger partial charge in [0.1, 0.15) is 18.8 Å². The number of halogens is 2. The van der Waals surface area contributed by atoms with E-state index in [1.807, 2.05) is 87.5 Å². The van der Waals surface area contributed by atoms with Gasteiger partial charge in [0.15, 0.2) is 12.2 Å². The molecule has 4 atom stereocenters. The first-order valence-corrected chi connectivity index (χ1v) is 24.8. The van der Waals surface area contributed by atoms with E-state index in [1.54, 1.807) is 24.3 Å². The molecule has 7 heterocycles. The smallest absolute Gasteiger partial charge is 0.349 e. The van der Waals surface area contributed by atoms with Gasteiger partial charge in [-0.3, -0.25) is 0 Å². The zero-order valence-electron chi connectivity index (χ0n) is 34.8. The third kappa shape index (κ3) is 12.3. The van der Waals surface area contributed by atoms with Crippen LogP contribution in [0.25, 0.3) is 0 Å². The van der Waals surface area contributed by atoms with Crippen molar-refractivity contribution in [2.75, 3.05) is 60.0 Å². The number of carbonyl (C=O) groups excluding carboxylic acids is 2. The third-order valence-corrected chi connectivity index (χ3v) is 16.3. The van der Waals surface area contributed by atoms with E-state index >= 15 is 0 Å². The number of quaternary nitrogens is 2. The highest BCUT2D eigenvalue weighted by atomic mass is 79.9. The van der Waals surface area contributed by atoms with E-state index < -0.39 is 23.1 Å². The number of carbonyl (C=O) groups is 2. The second kappa shape index (κ2) is 22.9. The standard InChI is InChI=1S/C24H28NO4S2.C22H26NO3S3.2BrH/c1-25(13-7-15-28-19-8-3-2-4-9-19)14-12-20(18-25)29-23(26)24(27,21-10-5-16-30-21)22-11-6-17-31-22;1-23(11-2-6-18-7-3-13-27-18)12-10-17(16-23)26-21(24)22(25,19-8-4-14-28-19)20-9-5-15-29-20;;/h2-6,8-11,16-17,20,27H,7,12-15,18H2,1H3;3-5,7-9,13-15,17,25H,2,6,10-12,16H2,1H3;2*1H/q2*+1;;/p-2. The average molecular weight is 1070 g/mol. The van der Waals surface area contributed by atoms with Crippen LogP contribution < -0.4 is 38.7 Å². The fourth-order valence-electron chi connectivity index (χ4n) is 8.16. The molecule has 2 aliphatic heterocycles. The summed E-state index contributed by atoms with van der Waals surface area (Å²) < 4.78 is 19.3. The number of aryl methyl sites for hydroxylation is 1. The molecule has 4 unspecified atom stereocenters. The number of thiophene rings is 5. The molecule has 9 nitrogen and oxygen atoms in total. The second-order valence-corrected chi connectivity index (χ2v) is 21.0. The number of likely N-dealkylation sites (N-methyl/N-ethyl adjacent to an activating group) is 2. The summed E-state index contributed by atoms with van der Waals surface area (Å²) in [5, 5.41) is 32.4. The highest BCUT2D eigenvalue weighted by Gasteiger charge is 2.48. The lowest BCUT2D eigenvalue weighted by molar-refractivity contribution is -0.899. The van der Waals surface area contributed by atoms with Crippen LogP contribution in [-0.2, 0) is 36.7 Å². The molecule has 2 fully saturated rings. The molecule has 0 aliphatic carbocycles. The molecule has 2 saturated heterocycles. The molecular formula is C46H54Br2N2O7S5. The number of nitrogens with zero attached hydrogens (tertiary/aromatic N) is 2. The molecule has 8 rings (SSSR count). The summed E-state index contributed by atoms with van der Waals surface area (Å²) in [6, 6.07) is 28.7. The van der Waals surface area contributed by atoms with Crippen molar-refractivity contribution in [3.63, 3.8) is 0 Å². The zero-order chi connectivity index (χ0) is 42.1. The number of likely N-dealkylation sites (tertiary alicyclic amines) is 2. The monoisotopic (exact) mass is 1060 g/mol. The van der Waals surface area contributed by atoms with E-state index in [0.717, 1.165) is 86.1 Å². The Morgan fingerprint density at radius 3 is 1.42 bits per heavy atom. The Morgan fingerprint density at radius 1 is 0.597 bits per heavy atom. The second-order valence-electron chi connectivity index (χ2n) is 16.2. The Kier molecular flexibility index (Phi) is 18.6. The summed E-state index contributed by atoms with van der Waals surface area (Å²) in [6.45, 7) is 6.20. The van der Waals surface area contributed by atoms with Crippen molar-refractivity contribution in [2.45, 2.75) is 55.5 Å². The van der Waals surface area contributed by atoms with Crippen LogP contribution in [0.2, 0.25) is 0 Å². The lowest BCUT2D eigenvalue weighted by Gasteiger charge is -2.30. The van der Waals surface area contributed by atoms with Gasteiger partial charge in [-0.05, 0) is 75.8 Å². The van der Waals surface area contributed by atoms with Crippen molar-refractivity contribution in [2.24, 2.45) is 0 Å². The summed E-state index contributed by atoms with van der Waals surface area (Å²) in [6.07, 6.45) is 4.46. The first-order valence-electron chi connectivity index (χ1n) is 20.4. The quantitative estimate of drug-likeness (QED) is 0.0825. The summed E-state index contributed by atoms with van der Waals surface area (Å²) in [7, 11) is 4.44. The Bertz CT molecular complexity index is 2120. The Labute approximate surface area is 405 Å². The highest BCUT2D eigenvalue weighted by Crippen LogP contribution is 2.39. The van der Waals surface area contributed by atoms with Crippen molar-refractivity contribution in [1.82, 2.24) is 0 Å². The maximum atomic E-state index is 13.2. The van der Waals surface area contributed by atoms with Gasteiger partial charge < -0.3 is 67.4 Å². The van der Waals surface area contributed by atoms with Crippen LogP contribution in [-0.4, -0.2) is 103 Å². The predicted molar refractivity (Wildman–Crippen MR) is 243 cm³/mol. The number of rotatable bonds is 17. The SMILES string of the molecule is C[N+]1(CCCOc2ccccc2)CCC(OC(=O)C(O)(c2cccs2)c2cccs2)C1.C[N+]1(CCCc2cccs2)CCC(OC(=O)C(O)(c2cccs2)c2cccs2)C1.[Br-].[Br-]. The van der Waals surface area contributed by atoms with E-state index in [-0.39, 0.29) is 46.2 Å². The summed E-state index contributed by atoms with van der Waals surface area (Å²) in [4.78, 5) is 30.1. The normalized spacial score (nSPS) is 20.9. The molecule has 2 N–H and O–H groups in total. The van der Waals surface area contributed by atoms with Crippen LogP contribution in [0.1, 0.15) is 50.1 Å². The lowest BCUT2D eigenvalue weighted by atomic mass is 10.00. The fourth-order valence-corrected chi connectivity index (χ4v) is 12.3.